The van der Waals surface area contributed by atoms with Crippen LogP contribution in [0.4, 0.5) is 11.5 Å². The summed E-state index contributed by atoms with van der Waals surface area (Å²) in [5.74, 6) is -0.484. The number of nitrogens with zero attached hydrogens (tertiary/aromatic N) is 3. The number of rotatable bonds is 4. The molecular weight excluding hydrogens is 264 g/mol. The van der Waals surface area contributed by atoms with Gasteiger partial charge in [-0.1, -0.05) is 6.92 Å². The number of nitrogens with one attached hydrogen (secondary N) is 1. The smallest absolute Gasteiger partial charge is 0.330 e. The van der Waals surface area contributed by atoms with Crippen molar-refractivity contribution in [2.45, 2.75) is 38.1 Å². The predicted octanol–water partition coefficient (Wildman–Crippen LogP) is 1.77. The molecule has 0 bridgehead atoms. The molecule has 0 aromatic carbocycles. The molecule has 0 atom stereocenters. The van der Waals surface area contributed by atoms with E-state index in [1.807, 2.05) is 0 Å². The first kappa shape index (κ1) is 14.3. The van der Waals surface area contributed by atoms with Crippen molar-refractivity contribution < 1.29 is 14.8 Å². The van der Waals surface area contributed by atoms with Gasteiger partial charge in [-0.2, -0.15) is 0 Å². The van der Waals surface area contributed by atoms with Crippen LogP contribution >= 0.6 is 0 Å². The minimum Gasteiger partial charge on any atom is -0.480 e. The number of aromatic nitrogens is 2. The number of aryl methyl sites for hydroxylation is 1. The first-order chi connectivity index (χ1) is 9.34. The molecule has 0 radical (unpaired) electrons. The van der Waals surface area contributed by atoms with Gasteiger partial charge < -0.3 is 10.4 Å². The van der Waals surface area contributed by atoms with E-state index in [0.29, 0.717) is 18.8 Å². The summed E-state index contributed by atoms with van der Waals surface area (Å²) in [6.45, 7) is 2.08. The summed E-state index contributed by atoms with van der Waals surface area (Å²) >= 11 is 0. The molecule has 1 aromatic heterocycles. The second-order valence-electron chi connectivity index (χ2n) is 5.49. The Morgan fingerprint density at radius 2 is 2.20 bits per heavy atom. The molecule has 8 nitrogen and oxygen atoms in total. The molecule has 0 spiro atoms. The van der Waals surface area contributed by atoms with Gasteiger partial charge >= 0.3 is 11.7 Å². The van der Waals surface area contributed by atoms with E-state index in [9.17, 15) is 20.0 Å². The third kappa shape index (κ3) is 2.59. The normalized spacial score (nSPS) is 26.2. The molecular formula is C12H18N4O4. The Morgan fingerprint density at radius 3 is 2.70 bits per heavy atom. The minimum absolute atomic E-state index is 0.0226. The maximum atomic E-state index is 11.6. The lowest BCUT2D eigenvalue weighted by molar-refractivity contribution is -0.384. The standard InChI is InChI=1S/C12H18N4O4/c1-8-3-5-12(6-4-8,11(17)18)13-10-9(16(19)20)7-15(2)14-10/h7-8H,3-6H2,1-2H3,(H,13,14)(H,17,18). The second kappa shape index (κ2) is 5.10. The van der Waals surface area contributed by atoms with Crippen molar-refractivity contribution in [1.82, 2.24) is 9.78 Å². The number of carboxylic acid groups (broad SMARTS) is 1. The van der Waals surface area contributed by atoms with Crippen LogP contribution in [0.5, 0.6) is 0 Å². The molecule has 8 heteroatoms. The number of nitro groups is 1. The molecule has 2 N–H and O–H groups in total. The minimum atomic E-state index is -1.16. The fourth-order valence-corrected chi connectivity index (χ4v) is 2.57. The van der Waals surface area contributed by atoms with Gasteiger partial charge in [0.25, 0.3) is 0 Å². The van der Waals surface area contributed by atoms with Crippen LogP contribution in [0, 0.1) is 16.0 Å². The molecule has 0 amide bonds. The van der Waals surface area contributed by atoms with Crippen LogP contribution in [0.1, 0.15) is 32.6 Å². The maximum absolute atomic E-state index is 11.6. The van der Waals surface area contributed by atoms with Crippen LogP contribution in [0.25, 0.3) is 0 Å². The maximum Gasteiger partial charge on any atom is 0.330 e. The summed E-state index contributed by atoms with van der Waals surface area (Å²) in [7, 11) is 1.56. The highest BCUT2D eigenvalue weighted by atomic mass is 16.6. The third-order valence-electron chi connectivity index (χ3n) is 3.90. The SMILES string of the molecule is CC1CCC(Nc2nn(C)cc2[N+](=O)[O-])(C(=O)O)CC1. The highest BCUT2D eigenvalue weighted by Crippen LogP contribution is 2.36. The van der Waals surface area contributed by atoms with E-state index in [2.05, 4.69) is 17.3 Å². The molecule has 1 saturated carbocycles. The third-order valence-corrected chi connectivity index (χ3v) is 3.90. The molecule has 1 aliphatic rings. The molecule has 110 valence electrons. The average Bonchev–Trinajstić information content (AvgIpc) is 2.73. The summed E-state index contributed by atoms with van der Waals surface area (Å²) in [5, 5.41) is 27.3. The quantitative estimate of drug-likeness (QED) is 0.643. The van der Waals surface area contributed by atoms with E-state index in [-0.39, 0.29) is 11.5 Å². The number of hydrogen-bond acceptors (Lipinski definition) is 5. The zero-order valence-corrected chi connectivity index (χ0v) is 11.5. The number of anilines is 1. The van der Waals surface area contributed by atoms with Crippen molar-refractivity contribution in [2.24, 2.45) is 13.0 Å². The van der Waals surface area contributed by atoms with Gasteiger partial charge in [-0.15, -0.1) is 5.10 Å². The van der Waals surface area contributed by atoms with Gasteiger partial charge in [-0.05, 0) is 31.6 Å². The Bertz CT molecular complexity index is 532. The molecule has 1 aliphatic carbocycles. The first-order valence-corrected chi connectivity index (χ1v) is 6.54. The molecule has 20 heavy (non-hydrogen) atoms. The number of aliphatic carboxylic acids is 1. The van der Waals surface area contributed by atoms with Crippen LogP contribution in [0.3, 0.4) is 0 Å². The lowest BCUT2D eigenvalue weighted by Crippen LogP contribution is -2.49. The van der Waals surface area contributed by atoms with E-state index in [4.69, 9.17) is 0 Å². The van der Waals surface area contributed by atoms with Crippen molar-refractivity contribution in [1.29, 1.82) is 0 Å². The van der Waals surface area contributed by atoms with Crippen LogP contribution in [0.15, 0.2) is 6.20 Å². The lowest BCUT2D eigenvalue weighted by atomic mass is 9.77. The Morgan fingerprint density at radius 1 is 1.60 bits per heavy atom. The first-order valence-electron chi connectivity index (χ1n) is 6.54. The molecule has 1 aromatic rings. The monoisotopic (exact) mass is 282 g/mol. The van der Waals surface area contributed by atoms with Crippen molar-refractivity contribution in [3.63, 3.8) is 0 Å². The number of carboxylic acids is 1. The molecule has 0 aliphatic heterocycles. The van der Waals surface area contributed by atoms with Gasteiger partial charge in [0.15, 0.2) is 0 Å². The van der Waals surface area contributed by atoms with Gasteiger partial charge in [0, 0.05) is 7.05 Å². The number of carbonyl (C=O) groups is 1. The average molecular weight is 282 g/mol. The fourth-order valence-electron chi connectivity index (χ4n) is 2.57. The Labute approximate surface area is 115 Å². The fraction of sp³-hybridized carbons (Fsp3) is 0.667. The van der Waals surface area contributed by atoms with Crippen molar-refractivity contribution in [3.8, 4) is 0 Å². The van der Waals surface area contributed by atoms with Gasteiger partial charge in [0.05, 0.1) is 4.92 Å². The summed E-state index contributed by atoms with van der Waals surface area (Å²) < 4.78 is 1.31. The van der Waals surface area contributed by atoms with Gasteiger partial charge in [-0.25, -0.2) is 4.79 Å². The van der Waals surface area contributed by atoms with Crippen molar-refractivity contribution in [3.05, 3.63) is 16.3 Å². The van der Waals surface area contributed by atoms with Gasteiger partial charge in [0.2, 0.25) is 5.82 Å². The predicted molar refractivity (Wildman–Crippen MR) is 71.5 cm³/mol. The Balaban J connectivity index is 2.30. The molecule has 2 rings (SSSR count). The van der Waals surface area contributed by atoms with E-state index in [1.54, 1.807) is 7.05 Å². The highest BCUT2D eigenvalue weighted by Gasteiger charge is 2.43. The highest BCUT2D eigenvalue weighted by molar-refractivity contribution is 5.83. The largest absolute Gasteiger partial charge is 0.480 e. The summed E-state index contributed by atoms with van der Waals surface area (Å²) in [4.78, 5) is 22.0. The molecule has 1 fully saturated rings. The van der Waals surface area contributed by atoms with E-state index < -0.39 is 16.4 Å². The van der Waals surface area contributed by atoms with Gasteiger partial charge in [0.1, 0.15) is 11.7 Å². The molecule has 0 unspecified atom stereocenters. The van der Waals surface area contributed by atoms with Crippen molar-refractivity contribution in [2.75, 3.05) is 5.32 Å². The van der Waals surface area contributed by atoms with Crippen LogP contribution in [-0.4, -0.2) is 31.3 Å². The zero-order valence-electron chi connectivity index (χ0n) is 11.5. The van der Waals surface area contributed by atoms with Crippen LogP contribution < -0.4 is 5.32 Å². The van der Waals surface area contributed by atoms with E-state index in [1.165, 1.54) is 10.9 Å². The molecule has 1 heterocycles. The Kier molecular flexibility index (Phi) is 3.65. The van der Waals surface area contributed by atoms with Crippen LogP contribution in [-0.2, 0) is 11.8 Å². The summed E-state index contributed by atoms with van der Waals surface area (Å²) in [6, 6.07) is 0. The lowest BCUT2D eigenvalue weighted by Gasteiger charge is -2.36. The summed E-state index contributed by atoms with van der Waals surface area (Å²) in [5.41, 5.74) is -1.36. The summed E-state index contributed by atoms with van der Waals surface area (Å²) in [6.07, 6.45) is 3.71. The second-order valence-corrected chi connectivity index (χ2v) is 5.49. The van der Waals surface area contributed by atoms with E-state index >= 15 is 0 Å². The van der Waals surface area contributed by atoms with Crippen LogP contribution in [0.2, 0.25) is 0 Å². The zero-order chi connectivity index (χ0) is 14.9. The topological polar surface area (TPSA) is 110 Å². The van der Waals surface area contributed by atoms with Crippen molar-refractivity contribution >= 4 is 17.5 Å². The van der Waals surface area contributed by atoms with Gasteiger partial charge in [-0.3, -0.25) is 14.8 Å². The molecule has 0 saturated heterocycles. The Hall–Kier alpha value is -2.12. The van der Waals surface area contributed by atoms with E-state index in [0.717, 1.165) is 12.8 Å². The number of hydrogen-bond donors (Lipinski definition) is 2.